The highest BCUT2D eigenvalue weighted by Crippen LogP contribution is 2.52. The Balaban J connectivity index is 1.47. The Bertz CT molecular complexity index is 2380. The van der Waals surface area contributed by atoms with E-state index in [1.165, 1.54) is 49.9 Å². The predicted molar refractivity (Wildman–Crippen MR) is 209 cm³/mol. The van der Waals surface area contributed by atoms with Gasteiger partial charge in [0.1, 0.15) is 11.2 Å². The molecule has 1 heterocycles. The molecule has 0 radical (unpaired) electrons. The lowest BCUT2D eigenvalue weighted by Crippen LogP contribution is -2.17. The number of hydrogen-bond acceptors (Lipinski definition) is 2. The number of nitrogens with zero attached hydrogens (tertiary/aromatic N) is 1. The van der Waals surface area contributed by atoms with E-state index >= 15 is 0 Å². The van der Waals surface area contributed by atoms with Crippen molar-refractivity contribution >= 4 is 39.0 Å². The molecule has 0 bridgehead atoms. The number of furan rings is 1. The summed E-state index contributed by atoms with van der Waals surface area (Å²) >= 11 is 0. The van der Waals surface area contributed by atoms with Crippen LogP contribution in [0.3, 0.4) is 0 Å². The van der Waals surface area contributed by atoms with E-state index < -0.39 is 0 Å². The van der Waals surface area contributed by atoms with Crippen LogP contribution in [0.1, 0.15) is 77.6 Å². The molecule has 0 unspecified atom stereocenters. The lowest BCUT2D eigenvalue weighted by molar-refractivity contribution is 0.559. The van der Waals surface area contributed by atoms with Crippen molar-refractivity contribution in [3.8, 4) is 22.3 Å². The summed E-state index contributed by atoms with van der Waals surface area (Å²) in [6, 6.07) is 46.8. The monoisotopic (exact) mass is 639 g/mol. The first-order valence-electron chi connectivity index (χ1n) is 17.5. The summed E-state index contributed by atoms with van der Waals surface area (Å²) < 4.78 is 6.88. The molecule has 6 aromatic carbocycles. The Hall–Kier alpha value is -5.08. The molecular weight excluding hydrogens is 595 g/mol. The fraction of sp³-hybridized carbons (Fsp3) is 0.234. The molecule has 8 rings (SSSR count). The fourth-order valence-corrected chi connectivity index (χ4v) is 7.86. The Morgan fingerprint density at radius 1 is 0.551 bits per heavy atom. The van der Waals surface area contributed by atoms with Crippen LogP contribution in [0, 0.1) is 0 Å². The van der Waals surface area contributed by atoms with Gasteiger partial charge >= 0.3 is 0 Å². The van der Waals surface area contributed by atoms with Gasteiger partial charge < -0.3 is 9.32 Å². The third kappa shape index (κ3) is 5.00. The quantitative estimate of drug-likeness (QED) is 0.191. The Morgan fingerprint density at radius 2 is 1.20 bits per heavy atom. The van der Waals surface area contributed by atoms with Crippen LogP contribution in [0.25, 0.3) is 44.2 Å². The number of benzene rings is 6. The third-order valence-electron chi connectivity index (χ3n) is 10.5. The lowest BCUT2D eigenvalue weighted by atomic mass is 9.79. The van der Waals surface area contributed by atoms with Crippen LogP contribution in [0.5, 0.6) is 0 Å². The van der Waals surface area contributed by atoms with Crippen molar-refractivity contribution in [1.82, 2.24) is 0 Å². The molecule has 0 spiro atoms. The first-order valence-corrected chi connectivity index (χ1v) is 17.5. The molecule has 0 aliphatic heterocycles. The minimum atomic E-state index is -0.121. The van der Waals surface area contributed by atoms with Crippen LogP contribution < -0.4 is 4.90 Å². The molecule has 1 aromatic heterocycles. The number of para-hydroxylation sites is 1. The zero-order chi connectivity index (χ0) is 34.3. The molecule has 0 saturated carbocycles. The van der Waals surface area contributed by atoms with E-state index in [1.54, 1.807) is 0 Å². The summed E-state index contributed by atoms with van der Waals surface area (Å²) in [5.74, 6) is 0. The highest BCUT2D eigenvalue weighted by molar-refractivity contribution is 6.15. The number of anilines is 3. The molecule has 244 valence electrons. The molecule has 0 saturated heterocycles. The predicted octanol–water partition coefficient (Wildman–Crippen LogP) is 13.6. The number of rotatable bonds is 4. The summed E-state index contributed by atoms with van der Waals surface area (Å²) in [7, 11) is 0. The van der Waals surface area contributed by atoms with Crippen LogP contribution in [0.2, 0.25) is 0 Å². The SMILES string of the molecule is CC(C)(C)c1cc(C(C)(C)C)c2oc3cccc(N(c4ccc5c(c4)C(C)(C)c4ccccc4-5)c4ccccc4-c4ccccc4)c3c2c1. The molecule has 1 aliphatic carbocycles. The van der Waals surface area contributed by atoms with E-state index in [0.29, 0.717) is 0 Å². The second-order valence-corrected chi connectivity index (χ2v) is 16.3. The number of fused-ring (bicyclic) bond motifs is 6. The minimum Gasteiger partial charge on any atom is -0.456 e. The van der Waals surface area contributed by atoms with Crippen molar-refractivity contribution in [3.05, 3.63) is 150 Å². The van der Waals surface area contributed by atoms with E-state index in [9.17, 15) is 0 Å². The van der Waals surface area contributed by atoms with Crippen molar-refractivity contribution < 1.29 is 4.42 Å². The van der Waals surface area contributed by atoms with Gasteiger partial charge in [-0.1, -0.05) is 146 Å². The average molecular weight is 640 g/mol. The maximum absolute atomic E-state index is 6.88. The standard InChI is InChI=1S/C47H45NO/c1-45(2,3)31-27-36-43-41(23-16-24-42(43)49-44(36)39(28-31)46(4,5)6)48(40-22-15-13-19-33(40)30-17-10-9-11-18-30)32-25-26-35-34-20-12-14-21-37(34)47(7,8)38(35)29-32/h9-29H,1-8H3. The third-order valence-corrected chi connectivity index (χ3v) is 10.5. The first-order chi connectivity index (χ1) is 23.3. The van der Waals surface area contributed by atoms with Gasteiger partial charge in [-0.25, -0.2) is 0 Å². The van der Waals surface area contributed by atoms with Crippen LogP contribution in [-0.2, 0) is 16.2 Å². The van der Waals surface area contributed by atoms with E-state index in [4.69, 9.17) is 4.42 Å². The fourth-order valence-electron chi connectivity index (χ4n) is 7.86. The molecule has 0 amide bonds. The summed E-state index contributed by atoms with van der Waals surface area (Å²) in [6.07, 6.45) is 0. The van der Waals surface area contributed by atoms with E-state index in [2.05, 4.69) is 188 Å². The Morgan fingerprint density at radius 3 is 1.94 bits per heavy atom. The maximum atomic E-state index is 6.88. The highest BCUT2D eigenvalue weighted by Gasteiger charge is 2.36. The van der Waals surface area contributed by atoms with E-state index in [1.807, 2.05) is 0 Å². The molecule has 49 heavy (non-hydrogen) atoms. The summed E-state index contributed by atoms with van der Waals surface area (Å²) in [5, 5.41) is 2.30. The molecule has 0 fully saturated rings. The zero-order valence-electron chi connectivity index (χ0n) is 30.0. The molecule has 7 aromatic rings. The Kier molecular flexibility index (Phi) is 6.99. The average Bonchev–Trinajstić information content (AvgIpc) is 3.57. The zero-order valence-corrected chi connectivity index (χ0v) is 30.0. The molecule has 1 aliphatic rings. The van der Waals surface area contributed by atoms with Crippen LogP contribution >= 0.6 is 0 Å². The smallest absolute Gasteiger partial charge is 0.139 e. The topological polar surface area (TPSA) is 16.4 Å². The Labute approximate surface area is 291 Å². The normalized spacial score (nSPS) is 13.9. The van der Waals surface area contributed by atoms with Crippen molar-refractivity contribution in [2.24, 2.45) is 0 Å². The summed E-state index contributed by atoms with van der Waals surface area (Å²) in [4.78, 5) is 2.47. The second kappa shape index (κ2) is 11.0. The van der Waals surface area contributed by atoms with Gasteiger partial charge in [-0.05, 0) is 80.6 Å². The molecule has 2 nitrogen and oxygen atoms in total. The minimum absolute atomic E-state index is 0.0209. The summed E-state index contributed by atoms with van der Waals surface area (Å²) in [5.41, 5.74) is 15.3. The molecule has 0 N–H and O–H groups in total. The highest BCUT2D eigenvalue weighted by atomic mass is 16.3. The number of hydrogen-bond donors (Lipinski definition) is 0. The maximum Gasteiger partial charge on any atom is 0.139 e. The van der Waals surface area contributed by atoms with Gasteiger partial charge in [0.25, 0.3) is 0 Å². The largest absolute Gasteiger partial charge is 0.456 e. The van der Waals surface area contributed by atoms with Crippen molar-refractivity contribution in [2.45, 2.75) is 71.6 Å². The van der Waals surface area contributed by atoms with Crippen LogP contribution in [-0.4, -0.2) is 0 Å². The second-order valence-electron chi connectivity index (χ2n) is 16.3. The lowest BCUT2D eigenvalue weighted by Gasteiger charge is -2.30. The van der Waals surface area contributed by atoms with Crippen molar-refractivity contribution in [3.63, 3.8) is 0 Å². The van der Waals surface area contributed by atoms with E-state index in [0.717, 1.165) is 33.6 Å². The van der Waals surface area contributed by atoms with Crippen molar-refractivity contribution in [1.29, 1.82) is 0 Å². The van der Waals surface area contributed by atoms with Gasteiger partial charge in [0, 0.05) is 27.6 Å². The van der Waals surface area contributed by atoms with Crippen molar-refractivity contribution in [2.75, 3.05) is 4.90 Å². The van der Waals surface area contributed by atoms with Gasteiger partial charge in [0.15, 0.2) is 0 Å². The van der Waals surface area contributed by atoms with Crippen LogP contribution in [0.15, 0.2) is 132 Å². The van der Waals surface area contributed by atoms with Gasteiger partial charge in [-0.2, -0.15) is 0 Å². The first kappa shape index (κ1) is 31.2. The van der Waals surface area contributed by atoms with Gasteiger partial charge in [0.05, 0.1) is 16.8 Å². The molecular formula is C47H45NO. The van der Waals surface area contributed by atoms with Gasteiger partial charge in [-0.3, -0.25) is 0 Å². The summed E-state index contributed by atoms with van der Waals surface area (Å²) in [6.45, 7) is 18.5. The van der Waals surface area contributed by atoms with Gasteiger partial charge in [-0.15, -0.1) is 0 Å². The van der Waals surface area contributed by atoms with Gasteiger partial charge in [0.2, 0.25) is 0 Å². The van der Waals surface area contributed by atoms with E-state index in [-0.39, 0.29) is 16.2 Å². The molecule has 0 atom stereocenters. The molecule has 2 heteroatoms. The van der Waals surface area contributed by atoms with Crippen LogP contribution in [0.4, 0.5) is 17.1 Å².